The predicted molar refractivity (Wildman–Crippen MR) is 74.6 cm³/mol. The predicted octanol–water partition coefficient (Wildman–Crippen LogP) is 3.19. The van der Waals surface area contributed by atoms with Gasteiger partial charge < -0.3 is 14.8 Å². The topological polar surface area (TPSA) is 62.5 Å². The molecule has 1 unspecified atom stereocenters. The molecular weight excluding hydrogens is 299 g/mol. The normalized spacial score (nSPS) is 13.6. The highest BCUT2D eigenvalue weighted by Gasteiger charge is 2.35. The van der Waals surface area contributed by atoms with Crippen molar-refractivity contribution in [3.63, 3.8) is 0 Å². The van der Waals surface area contributed by atoms with Crippen LogP contribution in [0, 0.1) is 6.92 Å². The summed E-state index contributed by atoms with van der Waals surface area (Å²) in [6.45, 7) is 2.91. The summed E-state index contributed by atoms with van der Waals surface area (Å²) in [6, 6.07) is 2.21. The van der Waals surface area contributed by atoms with E-state index in [-0.39, 0.29) is 12.0 Å². The molecule has 0 fully saturated rings. The number of fused-ring (bicyclic) bond motifs is 1. The number of halogens is 3. The molecule has 120 valence electrons. The standard InChI is InChI=1S/C15H16F3NO3/c1-7-9(5-14(21)22)11-4-10(8(2)20)12(15(16,17)18)6-13(11)19(7)3/h4,6,8,20H,5H2,1-3H3,(H,21,22). The molecule has 2 rings (SSSR count). The number of aryl methyl sites for hydroxylation is 1. The van der Waals surface area contributed by atoms with Gasteiger partial charge in [0.25, 0.3) is 0 Å². The third kappa shape index (κ3) is 2.68. The number of hydrogen-bond donors (Lipinski definition) is 2. The van der Waals surface area contributed by atoms with Crippen LogP contribution in [0.3, 0.4) is 0 Å². The number of carboxylic acid groups (broad SMARTS) is 1. The number of hydrogen-bond acceptors (Lipinski definition) is 2. The van der Waals surface area contributed by atoms with Crippen molar-refractivity contribution >= 4 is 16.9 Å². The highest BCUT2D eigenvalue weighted by atomic mass is 19.4. The second-order valence-corrected chi connectivity index (χ2v) is 5.32. The van der Waals surface area contributed by atoms with Crippen molar-refractivity contribution in [1.29, 1.82) is 0 Å². The number of rotatable bonds is 3. The lowest BCUT2D eigenvalue weighted by Gasteiger charge is -2.16. The van der Waals surface area contributed by atoms with Gasteiger partial charge in [-0.3, -0.25) is 4.79 Å². The number of alkyl halides is 3. The summed E-state index contributed by atoms with van der Waals surface area (Å²) in [4.78, 5) is 11.0. The maximum atomic E-state index is 13.2. The molecule has 1 atom stereocenters. The van der Waals surface area contributed by atoms with Crippen molar-refractivity contribution < 1.29 is 28.2 Å². The SMILES string of the molecule is Cc1c(CC(=O)O)c2cc(C(C)O)c(C(F)(F)F)cc2n1C. The molecule has 0 aliphatic heterocycles. The lowest BCUT2D eigenvalue weighted by molar-refractivity contribution is -0.139. The van der Waals surface area contributed by atoms with Crippen LogP contribution >= 0.6 is 0 Å². The fourth-order valence-corrected chi connectivity index (χ4v) is 2.67. The van der Waals surface area contributed by atoms with Crippen LogP contribution in [0.4, 0.5) is 13.2 Å². The Kier molecular flexibility index (Phi) is 3.95. The van der Waals surface area contributed by atoms with E-state index in [0.717, 1.165) is 6.07 Å². The average molecular weight is 315 g/mol. The summed E-state index contributed by atoms with van der Waals surface area (Å²) in [5.74, 6) is -1.06. The van der Waals surface area contributed by atoms with Crippen molar-refractivity contribution in [2.24, 2.45) is 7.05 Å². The molecule has 0 amide bonds. The van der Waals surface area contributed by atoms with E-state index in [1.807, 2.05) is 0 Å². The quantitative estimate of drug-likeness (QED) is 0.914. The number of carbonyl (C=O) groups is 1. The van der Waals surface area contributed by atoms with Crippen LogP contribution in [0.5, 0.6) is 0 Å². The van der Waals surface area contributed by atoms with Gasteiger partial charge in [-0.1, -0.05) is 0 Å². The Morgan fingerprint density at radius 3 is 2.41 bits per heavy atom. The van der Waals surface area contributed by atoms with Gasteiger partial charge in [-0.05, 0) is 37.1 Å². The zero-order valence-electron chi connectivity index (χ0n) is 12.3. The Morgan fingerprint density at radius 1 is 1.36 bits per heavy atom. The van der Waals surface area contributed by atoms with Crippen LogP contribution in [0.2, 0.25) is 0 Å². The number of carboxylic acids is 1. The molecule has 4 nitrogen and oxygen atoms in total. The zero-order valence-corrected chi connectivity index (χ0v) is 12.3. The second-order valence-electron chi connectivity index (χ2n) is 5.32. The van der Waals surface area contributed by atoms with Crippen LogP contribution in [-0.4, -0.2) is 20.7 Å². The molecule has 2 aromatic rings. The molecule has 0 aliphatic carbocycles. The minimum Gasteiger partial charge on any atom is -0.481 e. The van der Waals surface area contributed by atoms with Gasteiger partial charge >= 0.3 is 12.1 Å². The van der Waals surface area contributed by atoms with E-state index in [9.17, 15) is 23.1 Å². The number of aliphatic carboxylic acids is 1. The highest BCUT2D eigenvalue weighted by Crippen LogP contribution is 2.39. The number of aliphatic hydroxyl groups is 1. The largest absolute Gasteiger partial charge is 0.481 e. The first-order valence-corrected chi connectivity index (χ1v) is 6.63. The fraction of sp³-hybridized carbons (Fsp3) is 0.400. The summed E-state index contributed by atoms with van der Waals surface area (Å²) in [6.07, 6.45) is -6.18. The van der Waals surface area contributed by atoms with E-state index in [2.05, 4.69) is 0 Å². The van der Waals surface area contributed by atoms with Gasteiger partial charge in [-0.2, -0.15) is 13.2 Å². The summed E-state index contributed by atoms with van der Waals surface area (Å²) in [7, 11) is 1.59. The van der Waals surface area contributed by atoms with E-state index < -0.39 is 23.8 Å². The number of aliphatic hydroxyl groups excluding tert-OH is 1. The molecule has 0 saturated carbocycles. The minimum absolute atomic E-state index is 0.253. The van der Waals surface area contributed by atoms with Crippen LogP contribution < -0.4 is 0 Å². The van der Waals surface area contributed by atoms with Gasteiger partial charge in [0.05, 0.1) is 18.1 Å². The first kappa shape index (κ1) is 16.4. The van der Waals surface area contributed by atoms with Gasteiger partial charge in [-0.25, -0.2) is 0 Å². The molecule has 2 N–H and O–H groups in total. The van der Waals surface area contributed by atoms with Gasteiger partial charge in [0.1, 0.15) is 0 Å². The number of nitrogens with zero attached hydrogens (tertiary/aromatic N) is 1. The van der Waals surface area contributed by atoms with E-state index in [1.54, 1.807) is 14.0 Å². The number of aromatic nitrogens is 1. The lowest BCUT2D eigenvalue weighted by atomic mass is 9.98. The molecular formula is C15H16F3NO3. The van der Waals surface area contributed by atoms with Gasteiger partial charge in [0.2, 0.25) is 0 Å². The molecule has 1 aromatic heterocycles. The van der Waals surface area contributed by atoms with Gasteiger partial charge in [0.15, 0.2) is 0 Å². The van der Waals surface area contributed by atoms with E-state index in [0.29, 0.717) is 22.2 Å². The van der Waals surface area contributed by atoms with Crippen molar-refractivity contribution in [3.8, 4) is 0 Å². The smallest absolute Gasteiger partial charge is 0.416 e. The van der Waals surface area contributed by atoms with Crippen molar-refractivity contribution in [1.82, 2.24) is 4.57 Å². The Morgan fingerprint density at radius 2 is 1.95 bits per heavy atom. The fourth-order valence-electron chi connectivity index (χ4n) is 2.67. The highest BCUT2D eigenvalue weighted by molar-refractivity contribution is 5.90. The third-order valence-electron chi connectivity index (χ3n) is 3.88. The van der Waals surface area contributed by atoms with Crippen LogP contribution in [0.1, 0.15) is 35.4 Å². The molecule has 0 bridgehead atoms. The summed E-state index contributed by atoms with van der Waals surface area (Å²) in [5, 5.41) is 19.1. The minimum atomic E-state index is -4.59. The summed E-state index contributed by atoms with van der Waals surface area (Å²) in [5.41, 5.74) is 0.189. The molecule has 0 saturated heterocycles. The van der Waals surface area contributed by atoms with Crippen molar-refractivity contribution in [3.05, 3.63) is 34.5 Å². The maximum Gasteiger partial charge on any atom is 0.416 e. The molecule has 0 aliphatic rings. The average Bonchev–Trinajstić information content (AvgIpc) is 2.61. The monoisotopic (exact) mass is 315 g/mol. The van der Waals surface area contributed by atoms with Gasteiger partial charge in [-0.15, -0.1) is 0 Å². The van der Waals surface area contributed by atoms with Gasteiger partial charge in [0, 0.05) is 23.6 Å². The van der Waals surface area contributed by atoms with Crippen LogP contribution in [0.25, 0.3) is 10.9 Å². The number of benzene rings is 1. The maximum absolute atomic E-state index is 13.2. The Labute approximate surface area is 124 Å². The summed E-state index contributed by atoms with van der Waals surface area (Å²) >= 11 is 0. The molecule has 7 heteroatoms. The summed E-state index contributed by atoms with van der Waals surface area (Å²) < 4.78 is 41.1. The van der Waals surface area contributed by atoms with E-state index in [1.165, 1.54) is 17.6 Å². The van der Waals surface area contributed by atoms with Crippen molar-refractivity contribution in [2.45, 2.75) is 32.5 Å². The zero-order chi connectivity index (χ0) is 16.8. The van der Waals surface area contributed by atoms with Crippen molar-refractivity contribution in [2.75, 3.05) is 0 Å². The van der Waals surface area contributed by atoms with Crippen LogP contribution in [0.15, 0.2) is 12.1 Å². The Bertz CT molecular complexity index is 745. The lowest BCUT2D eigenvalue weighted by Crippen LogP contribution is -2.11. The first-order valence-electron chi connectivity index (χ1n) is 6.63. The van der Waals surface area contributed by atoms with E-state index >= 15 is 0 Å². The van der Waals surface area contributed by atoms with Crippen LogP contribution in [-0.2, 0) is 24.4 Å². The molecule has 22 heavy (non-hydrogen) atoms. The van der Waals surface area contributed by atoms with E-state index in [4.69, 9.17) is 5.11 Å². The molecule has 1 aromatic carbocycles. The Balaban J connectivity index is 2.85. The third-order valence-corrected chi connectivity index (χ3v) is 3.88. The molecule has 0 spiro atoms. The Hall–Kier alpha value is -2.02. The first-order chi connectivity index (χ1) is 10.0. The molecule has 1 heterocycles. The molecule has 0 radical (unpaired) electrons. The second kappa shape index (κ2) is 5.31.